The molecule has 0 aliphatic carbocycles. The molecule has 0 saturated carbocycles. The van der Waals surface area contributed by atoms with Gasteiger partial charge in [-0.25, -0.2) is 0 Å². The lowest BCUT2D eigenvalue weighted by Gasteiger charge is -2.39. The number of hydrogen-bond donors (Lipinski definition) is 3. The van der Waals surface area contributed by atoms with Crippen molar-refractivity contribution in [2.45, 2.75) is 37.4 Å². The van der Waals surface area contributed by atoms with Crippen molar-refractivity contribution in [3.8, 4) is 17.2 Å². The number of likely N-dealkylation sites (tertiary alicyclic amines) is 2. The van der Waals surface area contributed by atoms with E-state index in [1.54, 1.807) is 4.90 Å². The lowest BCUT2D eigenvalue weighted by atomic mass is 9.87. The Morgan fingerprint density at radius 2 is 1.97 bits per heavy atom. The van der Waals surface area contributed by atoms with Crippen LogP contribution in [0.3, 0.4) is 0 Å². The molecule has 2 amide bonds. The number of hydrogen-bond acceptors (Lipinski definition) is 7. The third-order valence-corrected chi connectivity index (χ3v) is 7.84. The highest BCUT2D eigenvalue weighted by Crippen LogP contribution is 2.42. The van der Waals surface area contributed by atoms with E-state index in [-0.39, 0.29) is 47.6 Å². The van der Waals surface area contributed by atoms with Crippen molar-refractivity contribution in [1.29, 1.82) is 0 Å². The predicted molar refractivity (Wildman–Crippen MR) is 137 cm³/mol. The van der Waals surface area contributed by atoms with Crippen molar-refractivity contribution in [2.24, 2.45) is 11.7 Å². The van der Waals surface area contributed by atoms with Crippen LogP contribution in [0.5, 0.6) is 17.2 Å². The summed E-state index contributed by atoms with van der Waals surface area (Å²) in [5.41, 5.74) is 6.58. The Labute approximate surface area is 220 Å². The van der Waals surface area contributed by atoms with E-state index in [2.05, 4.69) is 4.90 Å². The maximum absolute atomic E-state index is 13.1. The molecule has 3 heterocycles. The first-order valence-electron chi connectivity index (χ1n) is 12.6. The van der Waals surface area contributed by atoms with Crippen molar-refractivity contribution in [3.05, 3.63) is 52.5 Å². The fourth-order valence-corrected chi connectivity index (χ4v) is 5.71. The van der Waals surface area contributed by atoms with Gasteiger partial charge in [-0.15, -0.1) is 0 Å². The standard InChI is InChI=1S/C27H32ClN3O6/c28-19-1-4-23-18(11-19)13-27(37-23)6-9-30(10-7-27)15-21(33)16-36-24-12-20(32)2-3-22(24)26(35)31-8-5-17(14-31)25(29)34/h1-4,11-12,17,21,32-33H,5-10,13-16H2,(H2,29,34)/t17?,21-/m1/s1. The number of β-amino-alcohol motifs (C(OH)–C–C–N with tert-alkyl or cyclic N) is 1. The lowest BCUT2D eigenvalue weighted by molar-refractivity contribution is -0.121. The Morgan fingerprint density at radius 3 is 2.70 bits per heavy atom. The largest absolute Gasteiger partial charge is 0.508 e. The summed E-state index contributed by atoms with van der Waals surface area (Å²) in [4.78, 5) is 28.3. The van der Waals surface area contributed by atoms with Crippen LogP contribution < -0.4 is 15.2 Å². The molecule has 5 rings (SSSR count). The molecule has 10 heteroatoms. The molecule has 2 atom stereocenters. The Balaban J connectivity index is 1.14. The van der Waals surface area contributed by atoms with Crippen molar-refractivity contribution in [3.63, 3.8) is 0 Å². The molecule has 2 aromatic rings. The van der Waals surface area contributed by atoms with Gasteiger partial charge < -0.3 is 35.2 Å². The molecule has 2 fully saturated rings. The average Bonchev–Trinajstić information content (AvgIpc) is 3.49. The lowest BCUT2D eigenvalue weighted by Crippen LogP contribution is -2.49. The number of nitrogens with zero attached hydrogens (tertiary/aromatic N) is 2. The highest BCUT2D eigenvalue weighted by atomic mass is 35.5. The molecule has 3 aliphatic rings. The number of primary amides is 1. The van der Waals surface area contributed by atoms with E-state index >= 15 is 0 Å². The van der Waals surface area contributed by atoms with Crippen LogP contribution in [0.4, 0.5) is 0 Å². The SMILES string of the molecule is NC(=O)C1CCN(C(=O)c2ccc(O)cc2OC[C@H](O)CN2CCC3(CC2)Cc2cc(Cl)ccc2O3)C1. The summed E-state index contributed by atoms with van der Waals surface area (Å²) >= 11 is 6.14. The molecule has 1 spiro atoms. The summed E-state index contributed by atoms with van der Waals surface area (Å²) in [5, 5.41) is 21.3. The smallest absolute Gasteiger partial charge is 0.257 e. The number of rotatable bonds is 7. The number of carbonyl (C=O) groups is 2. The number of amides is 2. The van der Waals surface area contributed by atoms with E-state index in [1.807, 2.05) is 18.2 Å². The number of nitrogens with two attached hydrogens (primary N) is 1. The molecule has 37 heavy (non-hydrogen) atoms. The van der Waals surface area contributed by atoms with Crippen LogP contribution in [0, 0.1) is 5.92 Å². The second-order valence-electron chi connectivity index (χ2n) is 10.3. The normalized spacial score (nSPS) is 21.5. The molecule has 1 unspecified atom stereocenters. The van der Waals surface area contributed by atoms with Gasteiger partial charge in [0.2, 0.25) is 5.91 Å². The Bertz CT molecular complexity index is 1180. The van der Waals surface area contributed by atoms with E-state index in [9.17, 15) is 19.8 Å². The Hall–Kier alpha value is -3.01. The first-order chi connectivity index (χ1) is 17.7. The van der Waals surface area contributed by atoms with Crippen LogP contribution in [0.1, 0.15) is 35.2 Å². The minimum atomic E-state index is -0.786. The summed E-state index contributed by atoms with van der Waals surface area (Å²) in [6, 6.07) is 10.0. The van der Waals surface area contributed by atoms with Gasteiger partial charge in [0, 0.05) is 63.1 Å². The number of piperidine rings is 1. The number of halogens is 1. The fourth-order valence-electron chi connectivity index (χ4n) is 5.52. The minimum Gasteiger partial charge on any atom is -0.508 e. The second kappa shape index (κ2) is 10.4. The van der Waals surface area contributed by atoms with E-state index in [0.29, 0.717) is 24.5 Å². The Kier molecular flexibility index (Phi) is 7.20. The van der Waals surface area contributed by atoms with Gasteiger partial charge in [-0.3, -0.25) is 9.59 Å². The molecule has 0 bridgehead atoms. The summed E-state index contributed by atoms with van der Waals surface area (Å²) in [6.45, 7) is 2.64. The second-order valence-corrected chi connectivity index (χ2v) is 10.7. The maximum atomic E-state index is 13.1. The third kappa shape index (κ3) is 5.63. The van der Waals surface area contributed by atoms with E-state index in [0.717, 1.165) is 43.7 Å². The van der Waals surface area contributed by atoms with Crippen molar-refractivity contribution < 1.29 is 29.3 Å². The van der Waals surface area contributed by atoms with Gasteiger partial charge in [-0.2, -0.15) is 0 Å². The number of benzene rings is 2. The summed E-state index contributed by atoms with van der Waals surface area (Å²) in [7, 11) is 0. The van der Waals surface area contributed by atoms with Gasteiger partial charge in [0.15, 0.2) is 0 Å². The third-order valence-electron chi connectivity index (χ3n) is 7.60. The first kappa shape index (κ1) is 25.6. The molecule has 198 valence electrons. The molecule has 0 radical (unpaired) electrons. The number of ether oxygens (including phenoxy) is 2. The topological polar surface area (TPSA) is 126 Å². The minimum absolute atomic E-state index is 0.0320. The number of aromatic hydroxyl groups is 1. The van der Waals surface area contributed by atoms with Gasteiger partial charge in [0.25, 0.3) is 5.91 Å². The zero-order chi connectivity index (χ0) is 26.2. The number of aliphatic hydroxyl groups excluding tert-OH is 1. The molecule has 9 nitrogen and oxygen atoms in total. The quantitative estimate of drug-likeness (QED) is 0.502. The predicted octanol–water partition coefficient (Wildman–Crippen LogP) is 2.20. The van der Waals surface area contributed by atoms with Gasteiger partial charge in [-0.1, -0.05) is 11.6 Å². The van der Waals surface area contributed by atoms with Crippen LogP contribution >= 0.6 is 11.6 Å². The zero-order valence-electron chi connectivity index (χ0n) is 20.6. The molecule has 4 N–H and O–H groups in total. The van der Waals surface area contributed by atoms with Gasteiger partial charge in [0.05, 0.1) is 11.5 Å². The van der Waals surface area contributed by atoms with E-state index < -0.39 is 12.0 Å². The summed E-state index contributed by atoms with van der Waals surface area (Å²) in [5.74, 6) is -0.0250. The highest BCUT2D eigenvalue weighted by Gasteiger charge is 2.42. The summed E-state index contributed by atoms with van der Waals surface area (Å²) < 4.78 is 12.1. The number of aliphatic hydroxyl groups is 1. The van der Waals surface area contributed by atoms with Crippen LogP contribution in [0.25, 0.3) is 0 Å². The zero-order valence-corrected chi connectivity index (χ0v) is 21.3. The first-order valence-corrected chi connectivity index (χ1v) is 13.0. The van der Waals surface area contributed by atoms with Crippen LogP contribution in [-0.4, -0.2) is 82.9 Å². The molecular weight excluding hydrogens is 498 g/mol. The van der Waals surface area contributed by atoms with Gasteiger partial charge >= 0.3 is 0 Å². The molecule has 2 saturated heterocycles. The fraction of sp³-hybridized carbons (Fsp3) is 0.481. The van der Waals surface area contributed by atoms with E-state index in [4.69, 9.17) is 26.8 Å². The number of fused-ring (bicyclic) bond motifs is 1. The molecule has 2 aromatic carbocycles. The maximum Gasteiger partial charge on any atom is 0.257 e. The monoisotopic (exact) mass is 529 g/mol. The summed E-state index contributed by atoms with van der Waals surface area (Å²) in [6.07, 6.45) is 2.27. The van der Waals surface area contributed by atoms with Gasteiger partial charge in [-0.05, 0) is 42.3 Å². The molecule has 0 aromatic heterocycles. The van der Waals surface area contributed by atoms with Crippen molar-refractivity contribution >= 4 is 23.4 Å². The van der Waals surface area contributed by atoms with Crippen molar-refractivity contribution in [2.75, 3.05) is 39.3 Å². The molecular formula is C27H32ClN3O6. The van der Waals surface area contributed by atoms with E-state index in [1.165, 1.54) is 18.2 Å². The number of carbonyl (C=O) groups excluding carboxylic acids is 2. The van der Waals surface area contributed by atoms with Gasteiger partial charge in [0.1, 0.15) is 35.6 Å². The number of phenolic OH excluding ortho intramolecular Hbond substituents is 1. The van der Waals surface area contributed by atoms with Crippen LogP contribution in [0.2, 0.25) is 5.02 Å². The van der Waals surface area contributed by atoms with Crippen LogP contribution in [-0.2, 0) is 11.2 Å². The Morgan fingerprint density at radius 1 is 1.19 bits per heavy atom. The van der Waals surface area contributed by atoms with Crippen LogP contribution in [0.15, 0.2) is 36.4 Å². The number of phenols is 1. The average molecular weight is 530 g/mol. The molecule has 3 aliphatic heterocycles. The van der Waals surface area contributed by atoms with Crippen molar-refractivity contribution in [1.82, 2.24) is 9.80 Å². The highest BCUT2D eigenvalue weighted by molar-refractivity contribution is 6.30.